The average molecular weight is 452 g/mol. The van der Waals surface area contributed by atoms with Gasteiger partial charge in [-0.15, -0.1) is 0 Å². The molecular weight excluding hydrogens is 434 g/mol. The van der Waals surface area contributed by atoms with Crippen LogP contribution in [0.5, 0.6) is 11.5 Å². The number of fused-ring (bicyclic) bond motifs is 1. The van der Waals surface area contributed by atoms with E-state index in [1.165, 1.54) is 0 Å². The van der Waals surface area contributed by atoms with Crippen LogP contribution in [0.4, 0.5) is 5.13 Å². The first-order valence-electron chi connectivity index (χ1n) is 8.42. The van der Waals surface area contributed by atoms with Gasteiger partial charge in [0.25, 0.3) is 5.91 Å². The molecule has 142 valence electrons. The Bertz CT molecular complexity index is 937. The van der Waals surface area contributed by atoms with Crippen LogP contribution in [0.25, 0.3) is 10.2 Å². The largest absolute Gasteiger partial charge is 0.495 e. The molecule has 0 spiro atoms. The number of furan rings is 1. The van der Waals surface area contributed by atoms with E-state index < -0.39 is 0 Å². The third-order valence-corrected chi connectivity index (χ3v) is 6.08. The van der Waals surface area contributed by atoms with Gasteiger partial charge in [-0.1, -0.05) is 11.3 Å². The van der Waals surface area contributed by atoms with Gasteiger partial charge >= 0.3 is 0 Å². The summed E-state index contributed by atoms with van der Waals surface area (Å²) >= 11 is 4.81. The standard InChI is InChI=1S/C18H18BrN3O4S/c1-24-11-3-4-12(25-2)16-15(11)20-18(27-16)22-9-7-21(8-10-22)17(23)13-5-6-14(19)26-13/h3-6H,7-10H2,1-2H3. The SMILES string of the molecule is COc1ccc(OC)c2sc(N3CCN(C(=O)c4ccc(Br)o4)CC3)nc12. The Balaban J connectivity index is 1.52. The van der Waals surface area contributed by atoms with Gasteiger partial charge in [-0.3, -0.25) is 4.79 Å². The molecule has 0 aliphatic carbocycles. The number of halogens is 1. The van der Waals surface area contributed by atoms with Gasteiger partial charge in [0.1, 0.15) is 21.7 Å². The van der Waals surface area contributed by atoms with Crippen molar-refractivity contribution < 1.29 is 18.7 Å². The summed E-state index contributed by atoms with van der Waals surface area (Å²) in [4.78, 5) is 21.3. The number of hydrogen-bond acceptors (Lipinski definition) is 7. The molecule has 0 bridgehead atoms. The molecule has 0 N–H and O–H groups in total. The van der Waals surface area contributed by atoms with Crippen molar-refractivity contribution in [1.82, 2.24) is 9.88 Å². The van der Waals surface area contributed by atoms with Crippen LogP contribution in [0.15, 0.2) is 33.4 Å². The van der Waals surface area contributed by atoms with Gasteiger partial charge in [-0.05, 0) is 40.2 Å². The number of carbonyl (C=O) groups excluding carboxylic acids is 1. The average Bonchev–Trinajstić information content (AvgIpc) is 3.33. The predicted octanol–water partition coefficient (Wildman–Crippen LogP) is 3.63. The Morgan fingerprint density at radius 1 is 1.11 bits per heavy atom. The Morgan fingerprint density at radius 2 is 1.81 bits per heavy atom. The highest BCUT2D eigenvalue weighted by Crippen LogP contribution is 2.40. The Hall–Kier alpha value is -2.26. The van der Waals surface area contributed by atoms with E-state index in [-0.39, 0.29) is 5.91 Å². The van der Waals surface area contributed by atoms with Crippen LogP contribution >= 0.6 is 27.3 Å². The molecule has 1 amide bonds. The van der Waals surface area contributed by atoms with Gasteiger partial charge in [0.15, 0.2) is 15.6 Å². The van der Waals surface area contributed by atoms with Crippen molar-refractivity contribution >= 4 is 48.5 Å². The summed E-state index contributed by atoms with van der Waals surface area (Å²) in [5.41, 5.74) is 0.802. The minimum Gasteiger partial charge on any atom is -0.495 e. The van der Waals surface area contributed by atoms with Crippen LogP contribution in [0.3, 0.4) is 0 Å². The highest BCUT2D eigenvalue weighted by molar-refractivity contribution is 9.10. The lowest BCUT2D eigenvalue weighted by Gasteiger charge is -2.34. The fraction of sp³-hybridized carbons (Fsp3) is 0.333. The van der Waals surface area contributed by atoms with Crippen LogP contribution in [0.1, 0.15) is 10.6 Å². The number of methoxy groups -OCH3 is 2. The third kappa shape index (κ3) is 3.37. The van der Waals surface area contributed by atoms with Crippen LogP contribution in [-0.2, 0) is 0 Å². The molecule has 3 heterocycles. The first-order valence-corrected chi connectivity index (χ1v) is 10.0. The lowest BCUT2D eigenvalue weighted by atomic mass is 10.3. The lowest BCUT2D eigenvalue weighted by molar-refractivity contribution is 0.0713. The predicted molar refractivity (Wildman–Crippen MR) is 107 cm³/mol. The molecule has 0 unspecified atom stereocenters. The summed E-state index contributed by atoms with van der Waals surface area (Å²) in [6, 6.07) is 7.17. The van der Waals surface area contributed by atoms with E-state index in [0.29, 0.717) is 36.6 Å². The molecular formula is C18H18BrN3O4S. The topological polar surface area (TPSA) is 68.0 Å². The molecule has 0 atom stereocenters. The van der Waals surface area contributed by atoms with Crippen LogP contribution in [-0.4, -0.2) is 56.2 Å². The molecule has 7 nitrogen and oxygen atoms in total. The number of rotatable bonds is 4. The van der Waals surface area contributed by atoms with Crippen molar-refractivity contribution in [2.75, 3.05) is 45.3 Å². The summed E-state index contributed by atoms with van der Waals surface area (Å²) in [6.45, 7) is 2.64. The molecule has 1 fully saturated rings. The molecule has 1 saturated heterocycles. The molecule has 0 saturated carbocycles. The Morgan fingerprint density at radius 3 is 2.44 bits per heavy atom. The van der Waals surface area contributed by atoms with Crippen LogP contribution in [0.2, 0.25) is 0 Å². The molecule has 1 aromatic carbocycles. The van der Waals surface area contributed by atoms with Gasteiger partial charge in [0.05, 0.1) is 14.2 Å². The summed E-state index contributed by atoms with van der Waals surface area (Å²) in [5.74, 6) is 1.77. The highest BCUT2D eigenvalue weighted by atomic mass is 79.9. The van der Waals surface area contributed by atoms with Gasteiger partial charge in [0, 0.05) is 26.2 Å². The summed E-state index contributed by atoms with van der Waals surface area (Å²) in [5, 5.41) is 0.903. The summed E-state index contributed by atoms with van der Waals surface area (Å²) in [6.07, 6.45) is 0. The summed E-state index contributed by atoms with van der Waals surface area (Å²) in [7, 11) is 3.29. The fourth-order valence-electron chi connectivity index (χ4n) is 3.10. The number of benzene rings is 1. The minimum atomic E-state index is -0.0898. The number of piperazine rings is 1. The number of anilines is 1. The van der Waals surface area contributed by atoms with E-state index >= 15 is 0 Å². The number of amides is 1. The van der Waals surface area contributed by atoms with Gasteiger partial charge < -0.3 is 23.7 Å². The molecule has 27 heavy (non-hydrogen) atoms. The van der Waals surface area contributed by atoms with Gasteiger partial charge in [0.2, 0.25) is 0 Å². The molecule has 3 aromatic rings. The monoisotopic (exact) mass is 451 g/mol. The zero-order valence-corrected chi connectivity index (χ0v) is 17.3. The van der Waals surface area contributed by atoms with E-state index in [2.05, 4.69) is 20.8 Å². The number of nitrogens with zero attached hydrogens (tertiary/aromatic N) is 3. The molecule has 1 aliphatic heterocycles. The van der Waals surface area contributed by atoms with Crippen molar-refractivity contribution in [3.05, 3.63) is 34.7 Å². The van der Waals surface area contributed by atoms with E-state index in [1.807, 2.05) is 12.1 Å². The van der Waals surface area contributed by atoms with Crippen molar-refractivity contribution in [3.8, 4) is 11.5 Å². The fourth-order valence-corrected chi connectivity index (χ4v) is 4.53. The number of hydrogen-bond donors (Lipinski definition) is 0. The lowest BCUT2D eigenvalue weighted by Crippen LogP contribution is -2.48. The van der Waals surface area contributed by atoms with E-state index in [1.54, 1.807) is 42.6 Å². The molecule has 4 rings (SSSR count). The molecule has 2 aromatic heterocycles. The zero-order valence-electron chi connectivity index (χ0n) is 14.9. The second kappa shape index (κ2) is 7.40. The van der Waals surface area contributed by atoms with E-state index in [0.717, 1.165) is 26.8 Å². The maximum absolute atomic E-state index is 12.5. The van der Waals surface area contributed by atoms with Crippen LogP contribution < -0.4 is 14.4 Å². The van der Waals surface area contributed by atoms with E-state index in [4.69, 9.17) is 18.9 Å². The molecule has 9 heteroatoms. The first kappa shape index (κ1) is 18.1. The van der Waals surface area contributed by atoms with Gasteiger partial charge in [-0.2, -0.15) is 0 Å². The zero-order chi connectivity index (χ0) is 19.0. The Kier molecular flexibility index (Phi) is 4.96. The summed E-state index contributed by atoms with van der Waals surface area (Å²) < 4.78 is 17.8. The Labute approximate surface area is 168 Å². The minimum absolute atomic E-state index is 0.0898. The van der Waals surface area contributed by atoms with Gasteiger partial charge in [-0.25, -0.2) is 4.98 Å². The number of ether oxygens (including phenoxy) is 2. The maximum Gasteiger partial charge on any atom is 0.289 e. The third-order valence-electron chi connectivity index (χ3n) is 4.52. The number of carbonyl (C=O) groups is 1. The quantitative estimate of drug-likeness (QED) is 0.603. The molecule has 0 radical (unpaired) electrons. The second-order valence-electron chi connectivity index (χ2n) is 6.03. The van der Waals surface area contributed by atoms with Crippen molar-refractivity contribution in [1.29, 1.82) is 0 Å². The van der Waals surface area contributed by atoms with Crippen LogP contribution in [0, 0.1) is 0 Å². The van der Waals surface area contributed by atoms with Crippen molar-refractivity contribution in [2.45, 2.75) is 0 Å². The highest BCUT2D eigenvalue weighted by Gasteiger charge is 2.26. The van der Waals surface area contributed by atoms with E-state index in [9.17, 15) is 4.79 Å². The molecule has 1 aliphatic rings. The number of thiazole rings is 1. The normalized spacial score (nSPS) is 14.6. The van der Waals surface area contributed by atoms with Crippen molar-refractivity contribution in [2.24, 2.45) is 0 Å². The smallest absolute Gasteiger partial charge is 0.289 e. The number of aromatic nitrogens is 1. The second-order valence-corrected chi connectivity index (χ2v) is 7.79. The first-order chi connectivity index (χ1) is 13.1. The van der Waals surface area contributed by atoms with Crippen molar-refractivity contribution in [3.63, 3.8) is 0 Å². The maximum atomic E-state index is 12.5.